The SMILES string of the molecule is CC(O)CN(C)C(=O)COc1ccccc1C(C)C. The molecular formula is C15H23NO3. The molecule has 0 aliphatic carbocycles. The lowest BCUT2D eigenvalue weighted by atomic mass is 10.0. The zero-order chi connectivity index (χ0) is 14.4. The van der Waals surface area contributed by atoms with E-state index >= 15 is 0 Å². The van der Waals surface area contributed by atoms with Crippen molar-refractivity contribution < 1.29 is 14.6 Å². The number of hydrogen-bond acceptors (Lipinski definition) is 3. The van der Waals surface area contributed by atoms with Crippen LogP contribution in [0.5, 0.6) is 5.75 Å². The largest absolute Gasteiger partial charge is 0.483 e. The fourth-order valence-electron chi connectivity index (χ4n) is 1.84. The van der Waals surface area contributed by atoms with Gasteiger partial charge in [0.25, 0.3) is 5.91 Å². The first kappa shape index (κ1) is 15.5. The van der Waals surface area contributed by atoms with E-state index in [1.807, 2.05) is 24.3 Å². The Morgan fingerprint density at radius 3 is 2.53 bits per heavy atom. The van der Waals surface area contributed by atoms with Crippen LogP contribution in [0, 0.1) is 0 Å². The zero-order valence-electron chi connectivity index (χ0n) is 12.1. The van der Waals surface area contributed by atoms with Crippen molar-refractivity contribution in [1.29, 1.82) is 0 Å². The van der Waals surface area contributed by atoms with Gasteiger partial charge in [0.1, 0.15) is 5.75 Å². The van der Waals surface area contributed by atoms with Gasteiger partial charge in [-0.3, -0.25) is 4.79 Å². The van der Waals surface area contributed by atoms with Gasteiger partial charge < -0.3 is 14.7 Å². The van der Waals surface area contributed by atoms with Gasteiger partial charge in [0.15, 0.2) is 6.61 Å². The first-order valence-electron chi connectivity index (χ1n) is 6.55. The monoisotopic (exact) mass is 265 g/mol. The summed E-state index contributed by atoms with van der Waals surface area (Å²) in [5.41, 5.74) is 1.09. The van der Waals surface area contributed by atoms with E-state index in [2.05, 4.69) is 13.8 Å². The number of para-hydroxylation sites is 1. The first-order valence-corrected chi connectivity index (χ1v) is 6.55. The Kier molecular flexibility index (Phi) is 5.83. The number of carbonyl (C=O) groups is 1. The van der Waals surface area contributed by atoms with Crippen molar-refractivity contribution >= 4 is 5.91 Å². The highest BCUT2D eigenvalue weighted by molar-refractivity contribution is 5.77. The topological polar surface area (TPSA) is 49.8 Å². The summed E-state index contributed by atoms with van der Waals surface area (Å²) in [5.74, 6) is 0.956. The molecule has 0 radical (unpaired) electrons. The van der Waals surface area contributed by atoms with Crippen LogP contribution in [0.25, 0.3) is 0 Å². The maximum atomic E-state index is 11.8. The minimum atomic E-state index is -0.531. The summed E-state index contributed by atoms with van der Waals surface area (Å²) >= 11 is 0. The molecule has 0 saturated heterocycles. The third-order valence-electron chi connectivity index (χ3n) is 2.86. The van der Waals surface area contributed by atoms with E-state index in [-0.39, 0.29) is 12.5 Å². The maximum absolute atomic E-state index is 11.8. The number of carbonyl (C=O) groups excluding carboxylic acids is 1. The fourth-order valence-corrected chi connectivity index (χ4v) is 1.84. The summed E-state index contributed by atoms with van der Waals surface area (Å²) in [5, 5.41) is 9.24. The standard InChI is InChI=1S/C15H23NO3/c1-11(2)13-7-5-6-8-14(13)19-10-15(18)16(4)9-12(3)17/h5-8,11-12,17H,9-10H2,1-4H3. The molecule has 0 spiro atoms. The summed E-state index contributed by atoms with van der Waals surface area (Å²) in [6.45, 7) is 6.13. The molecule has 0 aliphatic heterocycles. The van der Waals surface area contributed by atoms with Gasteiger partial charge in [-0.1, -0.05) is 32.0 Å². The molecule has 0 fully saturated rings. The lowest BCUT2D eigenvalue weighted by Gasteiger charge is -2.20. The van der Waals surface area contributed by atoms with Crippen molar-refractivity contribution in [1.82, 2.24) is 4.90 Å². The second-order valence-electron chi connectivity index (χ2n) is 5.10. The Hall–Kier alpha value is -1.55. The number of likely N-dealkylation sites (N-methyl/N-ethyl adjacent to an activating group) is 1. The third-order valence-corrected chi connectivity index (χ3v) is 2.86. The molecule has 1 rings (SSSR count). The van der Waals surface area contributed by atoms with Crippen LogP contribution >= 0.6 is 0 Å². The van der Waals surface area contributed by atoms with Crippen molar-refractivity contribution in [3.8, 4) is 5.75 Å². The highest BCUT2D eigenvalue weighted by Gasteiger charge is 2.13. The number of nitrogens with zero attached hydrogens (tertiary/aromatic N) is 1. The summed E-state index contributed by atoms with van der Waals surface area (Å²) < 4.78 is 5.59. The number of ether oxygens (including phenoxy) is 1. The van der Waals surface area contributed by atoms with E-state index < -0.39 is 6.10 Å². The molecule has 0 bridgehead atoms. The smallest absolute Gasteiger partial charge is 0.260 e. The van der Waals surface area contributed by atoms with Gasteiger partial charge >= 0.3 is 0 Å². The van der Waals surface area contributed by atoms with Crippen LogP contribution in [0.1, 0.15) is 32.3 Å². The van der Waals surface area contributed by atoms with Gasteiger partial charge in [-0.2, -0.15) is 0 Å². The molecule has 0 saturated carbocycles. The number of amides is 1. The molecular weight excluding hydrogens is 242 g/mol. The van der Waals surface area contributed by atoms with Crippen LogP contribution in [-0.2, 0) is 4.79 Å². The van der Waals surface area contributed by atoms with E-state index in [1.165, 1.54) is 4.90 Å². The van der Waals surface area contributed by atoms with Gasteiger partial charge in [0, 0.05) is 13.6 Å². The predicted octanol–water partition coefficient (Wildman–Crippen LogP) is 2.03. The molecule has 0 heterocycles. The number of benzene rings is 1. The highest BCUT2D eigenvalue weighted by Crippen LogP contribution is 2.25. The van der Waals surface area contributed by atoms with Crippen LogP contribution < -0.4 is 4.74 Å². The minimum absolute atomic E-state index is 0.00699. The van der Waals surface area contributed by atoms with Crippen LogP contribution in [0.3, 0.4) is 0 Å². The Morgan fingerprint density at radius 2 is 1.95 bits per heavy atom. The number of aliphatic hydroxyl groups is 1. The molecule has 1 aromatic rings. The average Bonchev–Trinajstić information content (AvgIpc) is 2.35. The Morgan fingerprint density at radius 1 is 1.32 bits per heavy atom. The Bertz CT molecular complexity index is 416. The number of aliphatic hydroxyl groups excluding tert-OH is 1. The van der Waals surface area contributed by atoms with Gasteiger partial charge in [0.05, 0.1) is 6.10 Å². The van der Waals surface area contributed by atoms with Crippen LogP contribution in [0.2, 0.25) is 0 Å². The minimum Gasteiger partial charge on any atom is -0.483 e. The second-order valence-corrected chi connectivity index (χ2v) is 5.10. The van der Waals surface area contributed by atoms with E-state index in [4.69, 9.17) is 4.74 Å². The molecule has 1 aromatic carbocycles. The third kappa shape index (κ3) is 4.91. The summed E-state index contributed by atoms with van der Waals surface area (Å²) in [4.78, 5) is 13.3. The highest BCUT2D eigenvalue weighted by atomic mass is 16.5. The lowest BCUT2D eigenvalue weighted by Crippen LogP contribution is -2.36. The number of rotatable bonds is 6. The molecule has 1 atom stereocenters. The molecule has 19 heavy (non-hydrogen) atoms. The van der Waals surface area contributed by atoms with Crippen LogP contribution in [-0.4, -0.2) is 42.2 Å². The van der Waals surface area contributed by atoms with Gasteiger partial charge in [0.2, 0.25) is 0 Å². The predicted molar refractivity (Wildman–Crippen MR) is 75.3 cm³/mol. The van der Waals surface area contributed by atoms with Crippen molar-refractivity contribution in [3.05, 3.63) is 29.8 Å². The number of hydrogen-bond donors (Lipinski definition) is 1. The van der Waals surface area contributed by atoms with E-state index in [0.717, 1.165) is 11.3 Å². The normalized spacial score (nSPS) is 12.3. The Labute approximate surface area is 115 Å². The summed E-state index contributed by atoms with van der Waals surface area (Å²) in [6.07, 6.45) is -0.531. The second kappa shape index (κ2) is 7.14. The summed E-state index contributed by atoms with van der Waals surface area (Å²) in [6, 6.07) is 7.73. The first-order chi connectivity index (χ1) is 8.91. The Balaban J connectivity index is 2.60. The molecule has 1 amide bonds. The molecule has 4 heteroatoms. The summed E-state index contributed by atoms with van der Waals surface area (Å²) in [7, 11) is 1.66. The van der Waals surface area contributed by atoms with E-state index in [0.29, 0.717) is 12.5 Å². The van der Waals surface area contributed by atoms with Crippen LogP contribution in [0.15, 0.2) is 24.3 Å². The zero-order valence-corrected chi connectivity index (χ0v) is 12.1. The van der Waals surface area contributed by atoms with Crippen molar-refractivity contribution in [2.75, 3.05) is 20.2 Å². The lowest BCUT2D eigenvalue weighted by molar-refractivity contribution is -0.133. The van der Waals surface area contributed by atoms with Gasteiger partial charge in [-0.15, -0.1) is 0 Å². The van der Waals surface area contributed by atoms with Crippen molar-refractivity contribution in [2.45, 2.75) is 32.8 Å². The molecule has 4 nitrogen and oxygen atoms in total. The van der Waals surface area contributed by atoms with E-state index in [1.54, 1.807) is 14.0 Å². The fraction of sp³-hybridized carbons (Fsp3) is 0.533. The molecule has 0 aromatic heterocycles. The quantitative estimate of drug-likeness (QED) is 0.856. The average molecular weight is 265 g/mol. The molecule has 106 valence electrons. The van der Waals surface area contributed by atoms with Gasteiger partial charge in [-0.25, -0.2) is 0 Å². The van der Waals surface area contributed by atoms with E-state index in [9.17, 15) is 9.90 Å². The van der Waals surface area contributed by atoms with Crippen molar-refractivity contribution in [2.24, 2.45) is 0 Å². The molecule has 1 N–H and O–H groups in total. The van der Waals surface area contributed by atoms with Crippen LogP contribution in [0.4, 0.5) is 0 Å². The molecule has 0 aliphatic rings. The van der Waals surface area contributed by atoms with Crippen molar-refractivity contribution in [3.63, 3.8) is 0 Å². The van der Waals surface area contributed by atoms with Gasteiger partial charge in [-0.05, 0) is 24.5 Å². The maximum Gasteiger partial charge on any atom is 0.260 e. The molecule has 1 unspecified atom stereocenters.